The van der Waals surface area contributed by atoms with E-state index in [0.717, 1.165) is 30.6 Å². The van der Waals surface area contributed by atoms with Gasteiger partial charge in [0.25, 0.3) is 0 Å². The molecule has 0 aliphatic heterocycles. The van der Waals surface area contributed by atoms with Crippen molar-refractivity contribution in [1.29, 1.82) is 0 Å². The van der Waals surface area contributed by atoms with Crippen LogP contribution in [-0.2, 0) is 6.54 Å². The molecule has 0 amide bonds. The van der Waals surface area contributed by atoms with Crippen molar-refractivity contribution in [3.05, 3.63) is 95.6 Å². The second-order valence-electron chi connectivity index (χ2n) is 6.19. The van der Waals surface area contributed by atoms with Crippen LogP contribution < -0.4 is 5.32 Å². The first-order valence-corrected chi connectivity index (χ1v) is 8.55. The van der Waals surface area contributed by atoms with E-state index in [9.17, 15) is 10.2 Å². The van der Waals surface area contributed by atoms with Gasteiger partial charge in [0, 0.05) is 12.5 Å². The van der Waals surface area contributed by atoms with Gasteiger partial charge in [-0.1, -0.05) is 54.6 Å². The zero-order valence-electron chi connectivity index (χ0n) is 14.1. The summed E-state index contributed by atoms with van der Waals surface area (Å²) >= 11 is 0. The molecule has 3 rings (SSSR count). The first-order valence-electron chi connectivity index (χ1n) is 8.55. The zero-order valence-corrected chi connectivity index (χ0v) is 14.1. The van der Waals surface area contributed by atoms with Gasteiger partial charge < -0.3 is 15.5 Å². The smallest absolute Gasteiger partial charge is 0.115 e. The Morgan fingerprint density at radius 1 is 0.680 bits per heavy atom. The second kappa shape index (κ2) is 8.36. The molecule has 0 spiro atoms. The second-order valence-corrected chi connectivity index (χ2v) is 6.19. The molecule has 3 nitrogen and oxygen atoms in total. The SMILES string of the molecule is Oc1ccc(C(CCNCc2ccccc2)c2ccc(O)cc2)cc1. The maximum Gasteiger partial charge on any atom is 0.115 e. The van der Waals surface area contributed by atoms with Gasteiger partial charge in [0.2, 0.25) is 0 Å². The minimum Gasteiger partial charge on any atom is -0.508 e. The number of hydrogen-bond donors (Lipinski definition) is 3. The lowest BCUT2D eigenvalue weighted by Gasteiger charge is -2.19. The van der Waals surface area contributed by atoms with Crippen molar-refractivity contribution < 1.29 is 10.2 Å². The predicted octanol–water partition coefficient (Wildman–Crippen LogP) is 4.41. The number of phenols is 2. The van der Waals surface area contributed by atoms with Crippen LogP contribution in [0.5, 0.6) is 11.5 Å². The van der Waals surface area contributed by atoms with E-state index in [1.165, 1.54) is 5.56 Å². The van der Waals surface area contributed by atoms with Crippen molar-refractivity contribution in [1.82, 2.24) is 5.32 Å². The van der Waals surface area contributed by atoms with Gasteiger partial charge in [-0.3, -0.25) is 0 Å². The summed E-state index contributed by atoms with van der Waals surface area (Å²) in [5.41, 5.74) is 3.59. The fraction of sp³-hybridized carbons (Fsp3) is 0.182. The van der Waals surface area contributed by atoms with Gasteiger partial charge in [-0.05, 0) is 53.9 Å². The average Bonchev–Trinajstić information content (AvgIpc) is 2.65. The summed E-state index contributed by atoms with van der Waals surface area (Å²) in [6.45, 7) is 1.72. The van der Waals surface area contributed by atoms with Crippen LogP contribution in [0.2, 0.25) is 0 Å². The summed E-state index contributed by atoms with van der Waals surface area (Å²) in [6, 6.07) is 25.1. The third-order valence-electron chi connectivity index (χ3n) is 4.37. The van der Waals surface area contributed by atoms with Crippen molar-refractivity contribution in [2.45, 2.75) is 18.9 Å². The van der Waals surface area contributed by atoms with E-state index in [2.05, 4.69) is 17.4 Å². The summed E-state index contributed by atoms with van der Waals surface area (Å²) in [6.07, 6.45) is 0.933. The van der Waals surface area contributed by atoms with Gasteiger partial charge >= 0.3 is 0 Å². The molecule has 0 bridgehead atoms. The lowest BCUT2D eigenvalue weighted by Crippen LogP contribution is -2.17. The lowest BCUT2D eigenvalue weighted by molar-refractivity contribution is 0.474. The molecule has 3 heteroatoms. The largest absolute Gasteiger partial charge is 0.508 e. The highest BCUT2D eigenvalue weighted by atomic mass is 16.3. The standard InChI is InChI=1S/C22H23NO2/c24-20-10-6-18(7-11-20)22(19-8-12-21(25)13-9-19)14-15-23-16-17-4-2-1-3-5-17/h1-13,22-25H,14-16H2. The van der Waals surface area contributed by atoms with Crippen LogP contribution in [0.25, 0.3) is 0 Å². The van der Waals surface area contributed by atoms with Crippen LogP contribution in [0, 0.1) is 0 Å². The quantitative estimate of drug-likeness (QED) is 0.561. The molecule has 3 aromatic rings. The van der Waals surface area contributed by atoms with Gasteiger partial charge in [0.1, 0.15) is 11.5 Å². The van der Waals surface area contributed by atoms with E-state index in [4.69, 9.17) is 0 Å². The molecule has 0 saturated heterocycles. The first kappa shape index (κ1) is 17.1. The molecule has 0 aromatic heterocycles. The normalized spacial score (nSPS) is 10.9. The molecule has 0 heterocycles. The Labute approximate surface area is 148 Å². The molecular formula is C22H23NO2. The minimum absolute atomic E-state index is 0.212. The third-order valence-corrected chi connectivity index (χ3v) is 4.37. The van der Waals surface area contributed by atoms with Crippen LogP contribution in [0.15, 0.2) is 78.9 Å². The number of rotatable bonds is 7. The summed E-state index contributed by atoms with van der Waals surface area (Å²) in [7, 11) is 0. The molecule has 0 radical (unpaired) electrons. The zero-order chi connectivity index (χ0) is 17.5. The van der Waals surface area contributed by atoms with E-state index in [1.807, 2.05) is 42.5 Å². The maximum absolute atomic E-state index is 9.54. The van der Waals surface area contributed by atoms with Crippen molar-refractivity contribution >= 4 is 0 Å². The van der Waals surface area contributed by atoms with Crippen LogP contribution >= 0.6 is 0 Å². The van der Waals surface area contributed by atoms with Gasteiger partial charge in [0.15, 0.2) is 0 Å². The average molecular weight is 333 g/mol. The molecule has 3 aromatic carbocycles. The van der Waals surface area contributed by atoms with Crippen LogP contribution in [0.1, 0.15) is 29.0 Å². The Balaban J connectivity index is 1.68. The lowest BCUT2D eigenvalue weighted by atomic mass is 9.88. The number of benzene rings is 3. The topological polar surface area (TPSA) is 52.5 Å². The Morgan fingerprint density at radius 2 is 1.20 bits per heavy atom. The number of nitrogens with one attached hydrogen (secondary N) is 1. The van der Waals surface area contributed by atoms with Crippen molar-refractivity contribution in [3.63, 3.8) is 0 Å². The summed E-state index contributed by atoms with van der Waals surface area (Å²) in [4.78, 5) is 0. The van der Waals surface area contributed by atoms with Crippen molar-refractivity contribution in [2.24, 2.45) is 0 Å². The van der Waals surface area contributed by atoms with Gasteiger partial charge in [-0.25, -0.2) is 0 Å². The predicted molar refractivity (Wildman–Crippen MR) is 101 cm³/mol. The van der Waals surface area contributed by atoms with E-state index in [-0.39, 0.29) is 17.4 Å². The van der Waals surface area contributed by atoms with Crippen molar-refractivity contribution in [2.75, 3.05) is 6.54 Å². The monoisotopic (exact) mass is 333 g/mol. The Hall–Kier alpha value is -2.78. The Morgan fingerprint density at radius 3 is 1.72 bits per heavy atom. The Bertz CT molecular complexity index is 722. The van der Waals surface area contributed by atoms with E-state index in [1.54, 1.807) is 24.3 Å². The minimum atomic E-state index is 0.212. The number of phenolic OH excluding ortho intramolecular Hbond substituents is 2. The highest BCUT2D eigenvalue weighted by Crippen LogP contribution is 2.30. The molecular weight excluding hydrogens is 310 g/mol. The number of hydrogen-bond acceptors (Lipinski definition) is 3. The van der Waals surface area contributed by atoms with Crippen molar-refractivity contribution in [3.8, 4) is 11.5 Å². The molecule has 0 atom stereocenters. The maximum atomic E-state index is 9.54. The summed E-state index contributed by atoms with van der Waals surface area (Å²) in [5.74, 6) is 0.760. The van der Waals surface area contributed by atoms with E-state index >= 15 is 0 Å². The molecule has 3 N–H and O–H groups in total. The first-order chi connectivity index (χ1) is 12.2. The van der Waals surface area contributed by atoms with Crippen LogP contribution in [0.4, 0.5) is 0 Å². The number of aromatic hydroxyl groups is 2. The Kier molecular flexibility index (Phi) is 5.70. The van der Waals surface area contributed by atoms with E-state index in [0.29, 0.717) is 0 Å². The molecule has 0 aliphatic carbocycles. The van der Waals surface area contributed by atoms with Gasteiger partial charge in [0.05, 0.1) is 0 Å². The highest BCUT2D eigenvalue weighted by Gasteiger charge is 2.14. The summed E-state index contributed by atoms with van der Waals surface area (Å²) < 4.78 is 0. The molecule has 0 aliphatic rings. The molecule has 25 heavy (non-hydrogen) atoms. The fourth-order valence-electron chi connectivity index (χ4n) is 3.01. The summed E-state index contributed by atoms with van der Waals surface area (Å²) in [5, 5.41) is 22.6. The van der Waals surface area contributed by atoms with Gasteiger partial charge in [-0.2, -0.15) is 0 Å². The molecule has 128 valence electrons. The molecule has 0 unspecified atom stereocenters. The molecule has 0 saturated carbocycles. The fourth-order valence-corrected chi connectivity index (χ4v) is 3.01. The van der Waals surface area contributed by atoms with Crippen LogP contribution in [-0.4, -0.2) is 16.8 Å². The van der Waals surface area contributed by atoms with Gasteiger partial charge in [-0.15, -0.1) is 0 Å². The third kappa shape index (κ3) is 4.85. The molecule has 0 fully saturated rings. The van der Waals surface area contributed by atoms with E-state index < -0.39 is 0 Å². The van der Waals surface area contributed by atoms with Crippen LogP contribution in [0.3, 0.4) is 0 Å². The highest BCUT2D eigenvalue weighted by molar-refractivity contribution is 5.37.